The maximum absolute atomic E-state index is 5.89. The van der Waals surface area contributed by atoms with Gasteiger partial charge in [-0.2, -0.15) is 0 Å². The molecule has 0 N–H and O–H groups in total. The Bertz CT molecular complexity index is 651. The fourth-order valence-electron chi connectivity index (χ4n) is 3.31. The van der Waals surface area contributed by atoms with E-state index in [-0.39, 0.29) is 6.10 Å². The minimum atomic E-state index is 0.0403. The van der Waals surface area contributed by atoms with Gasteiger partial charge in [0.2, 0.25) is 5.95 Å². The maximum atomic E-state index is 5.89. The molecule has 0 saturated carbocycles. The van der Waals surface area contributed by atoms with Crippen molar-refractivity contribution in [2.24, 2.45) is 0 Å². The van der Waals surface area contributed by atoms with Crippen molar-refractivity contribution in [2.45, 2.75) is 38.2 Å². The molecule has 0 bridgehead atoms. The van der Waals surface area contributed by atoms with Crippen molar-refractivity contribution >= 4 is 5.95 Å². The highest BCUT2D eigenvalue weighted by atomic mass is 16.5. The fraction of sp³-hybridized carbons (Fsp3) is 0.529. The minimum Gasteiger partial charge on any atom is -0.372 e. The molecule has 2 fully saturated rings. The van der Waals surface area contributed by atoms with E-state index < -0.39 is 0 Å². The van der Waals surface area contributed by atoms with Gasteiger partial charge in [-0.1, -0.05) is 0 Å². The van der Waals surface area contributed by atoms with Crippen LogP contribution in [0, 0.1) is 0 Å². The molecule has 120 valence electrons. The summed E-state index contributed by atoms with van der Waals surface area (Å²) in [5.74, 6) is 0.822. The van der Waals surface area contributed by atoms with Crippen LogP contribution in [0.1, 0.15) is 43.9 Å². The van der Waals surface area contributed by atoms with E-state index in [0.717, 1.165) is 55.4 Å². The molecular weight excluding hydrogens is 290 g/mol. The Morgan fingerprint density at radius 2 is 1.91 bits per heavy atom. The molecule has 2 saturated heterocycles. The van der Waals surface area contributed by atoms with Crippen LogP contribution in [-0.2, 0) is 4.74 Å². The molecule has 2 aromatic rings. The molecule has 0 radical (unpaired) electrons. The molecule has 1 atom stereocenters. The van der Waals surface area contributed by atoms with Gasteiger partial charge in [0, 0.05) is 43.9 Å². The Balaban J connectivity index is 1.73. The van der Waals surface area contributed by atoms with Gasteiger partial charge in [-0.15, -0.1) is 0 Å². The summed E-state index contributed by atoms with van der Waals surface area (Å²) in [7, 11) is 0. The monoisotopic (exact) mass is 311 g/mol. The van der Waals surface area contributed by atoms with Crippen LogP contribution in [-0.4, -0.2) is 39.6 Å². The van der Waals surface area contributed by atoms with Gasteiger partial charge in [0.05, 0.1) is 17.6 Å². The zero-order valence-electron chi connectivity index (χ0n) is 13.2. The SMILES string of the molecule is c1cnc(-c2cnc(N3CCCCC3)nc2[C@@H]2CCCO2)cn1. The van der Waals surface area contributed by atoms with Crippen molar-refractivity contribution in [1.82, 2.24) is 19.9 Å². The molecule has 2 aliphatic rings. The topological polar surface area (TPSA) is 64.0 Å². The molecule has 2 aromatic heterocycles. The van der Waals surface area contributed by atoms with E-state index in [2.05, 4.69) is 19.9 Å². The Kier molecular flexibility index (Phi) is 4.15. The van der Waals surface area contributed by atoms with E-state index in [1.54, 1.807) is 18.6 Å². The smallest absolute Gasteiger partial charge is 0.225 e. The normalized spacial score (nSPS) is 21.6. The number of nitrogens with zero attached hydrogens (tertiary/aromatic N) is 5. The first kappa shape index (κ1) is 14.5. The molecule has 0 spiro atoms. The average Bonchev–Trinajstić information content (AvgIpc) is 3.17. The Morgan fingerprint density at radius 1 is 1.00 bits per heavy atom. The second-order valence-electron chi connectivity index (χ2n) is 6.11. The summed E-state index contributed by atoms with van der Waals surface area (Å²) in [5, 5.41) is 0. The molecule has 2 aliphatic heterocycles. The highest BCUT2D eigenvalue weighted by molar-refractivity contribution is 5.61. The van der Waals surface area contributed by atoms with Crippen LogP contribution in [0.4, 0.5) is 5.95 Å². The standard InChI is InChI=1S/C17H21N5O/c1-2-8-22(9-3-1)17-20-11-13(14-12-18-6-7-19-14)16(21-17)15-5-4-10-23-15/h6-7,11-12,15H,1-5,8-10H2/t15-/m0/s1. The van der Waals surface area contributed by atoms with Gasteiger partial charge < -0.3 is 9.64 Å². The maximum Gasteiger partial charge on any atom is 0.225 e. The second kappa shape index (κ2) is 6.58. The summed E-state index contributed by atoms with van der Waals surface area (Å²) in [6, 6.07) is 0. The quantitative estimate of drug-likeness (QED) is 0.868. The zero-order chi connectivity index (χ0) is 15.5. The lowest BCUT2D eigenvalue weighted by atomic mass is 10.1. The lowest BCUT2D eigenvalue weighted by molar-refractivity contribution is 0.109. The lowest BCUT2D eigenvalue weighted by Gasteiger charge is -2.27. The van der Waals surface area contributed by atoms with Crippen LogP contribution in [0.3, 0.4) is 0 Å². The fourth-order valence-corrected chi connectivity index (χ4v) is 3.31. The van der Waals surface area contributed by atoms with Gasteiger partial charge in [0.1, 0.15) is 6.10 Å². The van der Waals surface area contributed by atoms with E-state index in [1.165, 1.54) is 19.3 Å². The minimum absolute atomic E-state index is 0.0403. The molecule has 0 unspecified atom stereocenters. The Labute approximate surface area is 136 Å². The number of aromatic nitrogens is 4. The van der Waals surface area contributed by atoms with E-state index in [1.807, 2.05) is 6.20 Å². The third-order valence-electron chi connectivity index (χ3n) is 4.52. The van der Waals surface area contributed by atoms with E-state index in [4.69, 9.17) is 9.72 Å². The zero-order valence-corrected chi connectivity index (χ0v) is 13.2. The van der Waals surface area contributed by atoms with Crippen molar-refractivity contribution in [3.05, 3.63) is 30.5 Å². The van der Waals surface area contributed by atoms with E-state index in [9.17, 15) is 0 Å². The third-order valence-corrected chi connectivity index (χ3v) is 4.52. The van der Waals surface area contributed by atoms with E-state index >= 15 is 0 Å². The highest BCUT2D eigenvalue weighted by Crippen LogP contribution is 2.34. The predicted octanol–water partition coefficient (Wildman–Crippen LogP) is 2.78. The summed E-state index contributed by atoms with van der Waals surface area (Å²) in [4.78, 5) is 20.3. The highest BCUT2D eigenvalue weighted by Gasteiger charge is 2.25. The number of rotatable bonds is 3. The van der Waals surface area contributed by atoms with Crippen LogP contribution >= 0.6 is 0 Å². The first-order valence-corrected chi connectivity index (χ1v) is 8.42. The van der Waals surface area contributed by atoms with Crippen molar-refractivity contribution in [1.29, 1.82) is 0 Å². The van der Waals surface area contributed by atoms with Gasteiger partial charge in [0.25, 0.3) is 0 Å². The summed E-state index contributed by atoms with van der Waals surface area (Å²) in [5.41, 5.74) is 2.70. The largest absolute Gasteiger partial charge is 0.372 e. The lowest BCUT2D eigenvalue weighted by Crippen LogP contribution is -2.31. The summed E-state index contributed by atoms with van der Waals surface area (Å²) in [6.07, 6.45) is 12.9. The van der Waals surface area contributed by atoms with E-state index in [0.29, 0.717) is 0 Å². The number of hydrogen-bond donors (Lipinski definition) is 0. The third kappa shape index (κ3) is 3.03. The van der Waals surface area contributed by atoms with Crippen LogP contribution in [0.25, 0.3) is 11.3 Å². The number of piperidine rings is 1. The van der Waals surface area contributed by atoms with Crippen molar-refractivity contribution in [2.75, 3.05) is 24.6 Å². The molecule has 6 heteroatoms. The van der Waals surface area contributed by atoms with Crippen molar-refractivity contribution < 1.29 is 4.74 Å². The number of hydrogen-bond acceptors (Lipinski definition) is 6. The van der Waals surface area contributed by atoms with Crippen LogP contribution in [0.15, 0.2) is 24.8 Å². The average molecular weight is 311 g/mol. The first-order valence-electron chi connectivity index (χ1n) is 8.42. The summed E-state index contributed by atoms with van der Waals surface area (Å²) >= 11 is 0. The second-order valence-corrected chi connectivity index (χ2v) is 6.11. The predicted molar refractivity (Wildman–Crippen MR) is 87.0 cm³/mol. The molecule has 0 aliphatic carbocycles. The molecule has 0 amide bonds. The van der Waals surface area contributed by atoms with Gasteiger partial charge in [-0.3, -0.25) is 9.97 Å². The van der Waals surface area contributed by atoms with Crippen molar-refractivity contribution in [3.63, 3.8) is 0 Å². The Hall–Kier alpha value is -2.08. The molecule has 0 aromatic carbocycles. The number of anilines is 1. The molecule has 4 heterocycles. The van der Waals surface area contributed by atoms with Gasteiger partial charge in [0.15, 0.2) is 0 Å². The van der Waals surface area contributed by atoms with Crippen LogP contribution < -0.4 is 4.90 Å². The van der Waals surface area contributed by atoms with Gasteiger partial charge in [-0.05, 0) is 32.1 Å². The molecular formula is C17H21N5O. The first-order chi connectivity index (χ1) is 11.4. The summed E-state index contributed by atoms with van der Waals surface area (Å²) in [6.45, 7) is 2.87. The van der Waals surface area contributed by atoms with Crippen LogP contribution in [0.2, 0.25) is 0 Å². The van der Waals surface area contributed by atoms with Gasteiger partial charge in [-0.25, -0.2) is 9.97 Å². The van der Waals surface area contributed by atoms with Crippen molar-refractivity contribution in [3.8, 4) is 11.3 Å². The van der Waals surface area contributed by atoms with Gasteiger partial charge >= 0.3 is 0 Å². The molecule has 4 rings (SSSR count). The number of ether oxygens (including phenoxy) is 1. The van der Waals surface area contributed by atoms with Crippen LogP contribution in [0.5, 0.6) is 0 Å². The Morgan fingerprint density at radius 3 is 2.65 bits per heavy atom. The summed E-state index contributed by atoms with van der Waals surface area (Å²) < 4.78 is 5.89. The molecule has 23 heavy (non-hydrogen) atoms. The molecule has 6 nitrogen and oxygen atoms in total.